The summed E-state index contributed by atoms with van der Waals surface area (Å²) >= 11 is 0. The number of sulfonamides is 1. The van der Waals surface area contributed by atoms with Crippen molar-refractivity contribution in [2.75, 3.05) is 18.8 Å². The van der Waals surface area contributed by atoms with Crippen molar-refractivity contribution < 1.29 is 8.42 Å². The Morgan fingerprint density at radius 2 is 2.33 bits per heavy atom. The lowest BCUT2D eigenvalue weighted by Crippen LogP contribution is -2.33. The molecule has 70 valence electrons. The molecular weight excluding hydrogens is 176 g/mol. The van der Waals surface area contributed by atoms with Crippen molar-refractivity contribution >= 4 is 10.0 Å². The molecule has 1 atom stereocenters. The summed E-state index contributed by atoms with van der Waals surface area (Å²) in [6.45, 7) is 4.41. The average Bonchev–Trinajstić information content (AvgIpc) is 2.36. The third kappa shape index (κ3) is 2.06. The predicted octanol–water partition coefficient (Wildman–Crippen LogP) is -0.465. The third-order valence-corrected chi connectivity index (χ3v) is 3.68. The lowest BCUT2D eigenvalue weighted by molar-refractivity contribution is 0.475. The molecule has 1 saturated heterocycles. The molecule has 2 N–H and O–H groups in total. The van der Waals surface area contributed by atoms with Gasteiger partial charge in [-0.25, -0.2) is 12.7 Å². The molecule has 1 unspecified atom stereocenters. The average molecular weight is 190 g/mol. The molecule has 0 aromatic carbocycles. The van der Waals surface area contributed by atoms with E-state index >= 15 is 0 Å². The molecule has 0 aromatic heterocycles. The van der Waals surface area contributed by atoms with Crippen LogP contribution in [0.3, 0.4) is 0 Å². The fourth-order valence-corrected chi connectivity index (χ4v) is 2.57. The summed E-state index contributed by atoms with van der Waals surface area (Å²) in [5.41, 5.74) is 5.59. The van der Waals surface area contributed by atoms with Crippen LogP contribution in [0.5, 0.6) is 0 Å². The Labute approximate surface area is 73.1 Å². The Bertz CT molecular complexity index is 261. The molecule has 1 fully saturated rings. The van der Waals surface area contributed by atoms with Crippen molar-refractivity contribution in [3.05, 3.63) is 12.7 Å². The van der Waals surface area contributed by atoms with Crippen molar-refractivity contribution in [1.29, 1.82) is 0 Å². The van der Waals surface area contributed by atoms with E-state index in [1.165, 1.54) is 10.4 Å². The summed E-state index contributed by atoms with van der Waals surface area (Å²) in [5.74, 6) is 0.0136. The molecule has 0 spiro atoms. The first-order valence-corrected chi connectivity index (χ1v) is 5.51. The van der Waals surface area contributed by atoms with Crippen molar-refractivity contribution in [2.24, 2.45) is 5.73 Å². The highest BCUT2D eigenvalue weighted by molar-refractivity contribution is 7.89. The van der Waals surface area contributed by atoms with Gasteiger partial charge in [-0.15, -0.1) is 6.58 Å². The largest absolute Gasteiger partial charge is 0.326 e. The van der Waals surface area contributed by atoms with Crippen LogP contribution in [0.15, 0.2) is 12.7 Å². The van der Waals surface area contributed by atoms with Crippen LogP contribution in [0.25, 0.3) is 0 Å². The molecule has 1 aliphatic rings. The van der Waals surface area contributed by atoms with Gasteiger partial charge in [0.1, 0.15) is 0 Å². The number of hydrogen-bond acceptors (Lipinski definition) is 3. The summed E-state index contributed by atoms with van der Waals surface area (Å²) in [6, 6.07) is 0.00425. The lowest BCUT2D eigenvalue weighted by atomic mass is 10.3. The Morgan fingerprint density at radius 3 is 2.75 bits per heavy atom. The van der Waals surface area contributed by atoms with Crippen LogP contribution in [-0.4, -0.2) is 37.6 Å². The van der Waals surface area contributed by atoms with Crippen LogP contribution < -0.4 is 5.73 Å². The van der Waals surface area contributed by atoms with Crippen LogP contribution >= 0.6 is 0 Å². The van der Waals surface area contributed by atoms with E-state index in [-0.39, 0.29) is 11.8 Å². The van der Waals surface area contributed by atoms with Crippen molar-refractivity contribution in [3.63, 3.8) is 0 Å². The fraction of sp³-hybridized carbons (Fsp3) is 0.714. The van der Waals surface area contributed by atoms with Gasteiger partial charge in [0.25, 0.3) is 0 Å². The van der Waals surface area contributed by atoms with Crippen molar-refractivity contribution in [3.8, 4) is 0 Å². The second kappa shape index (κ2) is 3.55. The maximum absolute atomic E-state index is 11.4. The van der Waals surface area contributed by atoms with Gasteiger partial charge < -0.3 is 5.73 Å². The Hall–Kier alpha value is -0.390. The van der Waals surface area contributed by atoms with Crippen molar-refractivity contribution in [2.45, 2.75) is 12.5 Å². The molecule has 1 rings (SSSR count). The van der Waals surface area contributed by atoms with Gasteiger partial charge in [-0.2, -0.15) is 0 Å². The van der Waals surface area contributed by atoms with Gasteiger partial charge >= 0.3 is 0 Å². The van der Waals surface area contributed by atoms with E-state index in [1.807, 2.05) is 0 Å². The standard InChI is InChI=1S/C7H14N2O2S/c1-2-5-12(10,11)9-4-3-7(8)6-9/h2,7H,1,3-6,8H2. The SMILES string of the molecule is C=CCS(=O)(=O)N1CCC(N)C1. The highest BCUT2D eigenvalue weighted by Gasteiger charge is 2.28. The second-order valence-corrected chi connectivity index (χ2v) is 4.99. The molecule has 12 heavy (non-hydrogen) atoms. The number of rotatable bonds is 3. The smallest absolute Gasteiger partial charge is 0.217 e. The van der Waals surface area contributed by atoms with E-state index in [0.717, 1.165) is 6.42 Å². The molecule has 0 aliphatic carbocycles. The summed E-state index contributed by atoms with van der Waals surface area (Å²) in [5, 5.41) is 0. The summed E-state index contributed by atoms with van der Waals surface area (Å²) in [4.78, 5) is 0. The summed E-state index contributed by atoms with van der Waals surface area (Å²) in [6.07, 6.45) is 2.16. The van der Waals surface area contributed by atoms with Crippen LogP contribution in [0.1, 0.15) is 6.42 Å². The van der Waals surface area contributed by atoms with E-state index in [4.69, 9.17) is 5.73 Å². The van der Waals surface area contributed by atoms with Gasteiger partial charge in [0, 0.05) is 19.1 Å². The minimum Gasteiger partial charge on any atom is -0.326 e. The Kier molecular flexibility index (Phi) is 2.87. The van der Waals surface area contributed by atoms with Gasteiger partial charge in [-0.1, -0.05) is 6.08 Å². The summed E-state index contributed by atoms with van der Waals surface area (Å²) in [7, 11) is -3.11. The van der Waals surface area contributed by atoms with Gasteiger partial charge in [0.05, 0.1) is 5.75 Å². The lowest BCUT2D eigenvalue weighted by Gasteiger charge is -2.13. The van der Waals surface area contributed by atoms with Gasteiger partial charge in [-0.3, -0.25) is 0 Å². The van der Waals surface area contributed by atoms with Crippen LogP contribution in [0.4, 0.5) is 0 Å². The first-order valence-electron chi connectivity index (χ1n) is 3.90. The number of hydrogen-bond donors (Lipinski definition) is 1. The predicted molar refractivity (Wildman–Crippen MR) is 48.1 cm³/mol. The highest BCUT2D eigenvalue weighted by atomic mass is 32.2. The zero-order chi connectivity index (χ0) is 9.19. The molecular formula is C7H14N2O2S. The second-order valence-electron chi connectivity index (χ2n) is 2.97. The Balaban J connectivity index is 2.64. The van der Waals surface area contributed by atoms with Gasteiger partial charge in [-0.05, 0) is 6.42 Å². The van der Waals surface area contributed by atoms with E-state index < -0.39 is 10.0 Å². The summed E-state index contributed by atoms with van der Waals surface area (Å²) < 4.78 is 24.2. The topological polar surface area (TPSA) is 63.4 Å². The third-order valence-electron chi connectivity index (χ3n) is 1.91. The minimum atomic E-state index is -3.11. The van der Waals surface area contributed by atoms with E-state index in [0.29, 0.717) is 13.1 Å². The van der Waals surface area contributed by atoms with Crippen molar-refractivity contribution in [1.82, 2.24) is 4.31 Å². The van der Waals surface area contributed by atoms with E-state index in [9.17, 15) is 8.42 Å². The maximum atomic E-state index is 11.4. The molecule has 5 heteroatoms. The number of nitrogens with zero attached hydrogens (tertiary/aromatic N) is 1. The highest BCUT2D eigenvalue weighted by Crippen LogP contribution is 2.12. The van der Waals surface area contributed by atoms with Crippen LogP contribution in [0.2, 0.25) is 0 Å². The van der Waals surface area contributed by atoms with E-state index in [1.54, 1.807) is 0 Å². The molecule has 0 saturated carbocycles. The molecule has 1 heterocycles. The first kappa shape index (κ1) is 9.70. The van der Waals surface area contributed by atoms with Crippen LogP contribution in [-0.2, 0) is 10.0 Å². The zero-order valence-electron chi connectivity index (χ0n) is 6.94. The first-order chi connectivity index (χ1) is 5.56. The molecule has 0 bridgehead atoms. The maximum Gasteiger partial charge on any atom is 0.217 e. The Morgan fingerprint density at radius 1 is 1.67 bits per heavy atom. The van der Waals surface area contributed by atoms with E-state index in [2.05, 4.69) is 6.58 Å². The molecule has 1 aliphatic heterocycles. The zero-order valence-corrected chi connectivity index (χ0v) is 7.76. The minimum absolute atomic E-state index is 0.00425. The quantitative estimate of drug-likeness (QED) is 0.612. The normalized spacial score (nSPS) is 25.9. The fourth-order valence-electron chi connectivity index (χ4n) is 1.26. The number of nitrogens with two attached hydrogens (primary N) is 1. The molecule has 4 nitrogen and oxygen atoms in total. The van der Waals surface area contributed by atoms with Gasteiger partial charge in [0.2, 0.25) is 10.0 Å². The molecule has 0 aromatic rings. The molecule has 0 amide bonds. The monoisotopic (exact) mass is 190 g/mol. The van der Waals surface area contributed by atoms with Gasteiger partial charge in [0.15, 0.2) is 0 Å². The molecule has 0 radical (unpaired) electrons. The van der Waals surface area contributed by atoms with Crippen LogP contribution in [0, 0.1) is 0 Å².